The lowest BCUT2D eigenvalue weighted by Gasteiger charge is -2.53. The number of nitrogens with zero attached hydrogens (tertiary/aromatic N) is 1. The van der Waals surface area contributed by atoms with E-state index in [0.29, 0.717) is 10.8 Å². The first kappa shape index (κ1) is 20.0. The molecule has 20 heavy (non-hydrogen) atoms. The van der Waals surface area contributed by atoms with Crippen LogP contribution in [0.2, 0.25) is 0 Å². The highest BCUT2D eigenvalue weighted by Gasteiger charge is 2.42. The lowest BCUT2D eigenvalue weighted by molar-refractivity contribution is -0.0273. The van der Waals surface area contributed by atoms with E-state index in [0.717, 1.165) is 0 Å². The van der Waals surface area contributed by atoms with Crippen molar-refractivity contribution in [2.24, 2.45) is 10.8 Å². The van der Waals surface area contributed by atoms with Crippen molar-refractivity contribution in [1.82, 2.24) is 4.90 Å². The summed E-state index contributed by atoms with van der Waals surface area (Å²) in [7, 11) is 2.35. The third-order valence-corrected chi connectivity index (χ3v) is 4.97. The Morgan fingerprint density at radius 1 is 0.600 bits per heavy atom. The molecule has 0 aromatic carbocycles. The van der Waals surface area contributed by atoms with E-state index in [1.807, 2.05) is 0 Å². The van der Waals surface area contributed by atoms with Crippen LogP contribution in [0.4, 0.5) is 0 Å². The van der Waals surface area contributed by atoms with E-state index >= 15 is 0 Å². The molecule has 1 nitrogen and oxygen atoms in total. The number of rotatable bonds is 6. The van der Waals surface area contributed by atoms with Crippen molar-refractivity contribution in [3.63, 3.8) is 0 Å². The van der Waals surface area contributed by atoms with Crippen molar-refractivity contribution >= 4 is 0 Å². The Hall–Kier alpha value is -0.0400. The molecule has 0 aromatic rings. The summed E-state index contributed by atoms with van der Waals surface area (Å²) in [6, 6.07) is 0. The summed E-state index contributed by atoms with van der Waals surface area (Å²) >= 11 is 0. The van der Waals surface area contributed by atoms with Crippen LogP contribution in [0, 0.1) is 10.8 Å². The first-order valence-corrected chi connectivity index (χ1v) is 8.43. The summed E-state index contributed by atoms with van der Waals surface area (Å²) in [6.07, 6.45) is 4.90. The quantitative estimate of drug-likeness (QED) is 0.567. The summed E-state index contributed by atoms with van der Waals surface area (Å²) in [5, 5.41) is 0. The van der Waals surface area contributed by atoms with Gasteiger partial charge in [0.1, 0.15) is 0 Å². The van der Waals surface area contributed by atoms with Crippen LogP contribution in [0.5, 0.6) is 0 Å². The zero-order valence-corrected chi connectivity index (χ0v) is 16.3. The van der Waals surface area contributed by atoms with E-state index in [1.165, 1.54) is 25.7 Å². The molecule has 2 atom stereocenters. The van der Waals surface area contributed by atoms with Crippen molar-refractivity contribution in [2.45, 2.75) is 106 Å². The van der Waals surface area contributed by atoms with Crippen LogP contribution in [0.15, 0.2) is 0 Å². The second-order valence-electron chi connectivity index (χ2n) is 9.73. The average molecular weight is 284 g/mol. The highest BCUT2D eigenvalue weighted by atomic mass is 15.2. The molecule has 0 N–H and O–H groups in total. The Balaban J connectivity index is 5.36. The molecule has 2 unspecified atom stereocenters. The molecule has 0 amide bonds. The van der Waals surface area contributed by atoms with E-state index in [2.05, 4.69) is 81.2 Å². The maximum Gasteiger partial charge on any atom is 0.0186 e. The van der Waals surface area contributed by atoms with Crippen LogP contribution in [-0.4, -0.2) is 23.0 Å². The molecule has 1 heteroatoms. The minimum atomic E-state index is 0.272. The monoisotopic (exact) mass is 283 g/mol. The molecule has 0 fully saturated rings. The zero-order chi connectivity index (χ0) is 16.4. The van der Waals surface area contributed by atoms with Crippen LogP contribution in [-0.2, 0) is 0 Å². The lowest BCUT2D eigenvalue weighted by atomic mass is 9.72. The van der Waals surface area contributed by atoms with Gasteiger partial charge in [-0.1, -0.05) is 55.4 Å². The Kier molecular flexibility index (Phi) is 6.37. The van der Waals surface area contributed by atoms with Crippen LogP contribution < -0.4 is 0 Å². The fourth-order valence-electron chi connectivity index (χ4n) is 3.90. The Morgan fingerprint density at radius 3 is 1.00 bits per heavy atom. The summed E-state index contributed by atoms with van der Waals surface area (Å²) in [6.45, 7) is 23.8. The lowest BCUT2D eigenvalue weighted by Crippen LogP contribution is -2.57. The predicted molar refractivity (Wildman–Crippen MR) is 93.3 cm³/mol. The van der Waals surface area contributed by atoms with E-state index < -0.39 is 0 Å². The van der Waals surface area contributed by atoms with E-state index in [-0.39, 0.29) is 11.1 Å². The Bertz CT molecular complexity index is 264. The molecule has 0 radical (unpaired) electrons. The minimum absolute atomic E-state index is 0.272. The second-order valence-corrected chi connectivity index (χ2v) is 9.73. The fraction of sp³-hybridized carbons (Fsp3) is 1.00. The molecule has 0 aliphatic rings. The SMILES string of the molecule is CCC(C)(CC(C)(C)C)N(C)C(C)(CC)CC(C)(C)C. The van der Waals surface area contributed by atoms with Gasteiger partial charge in [-0.05, 0) is 57.4 Å². The van der Waals surface area contributed by atoms with Gasteiger partial charge in [0.2, 0.25) is 0 Å². The first-order valence-electron chi connectivity index (χ1n) is 8.43. The average Bonchev–Trinajstić information content (AvgIpc) is 2.23. The molecule has 0 aliphatic carbocycles. The molecule has 122 valence electrons. The fourth-order valence-corrected chi connectivity index (χ4v) is 3.90. The highest BCUT2D eigenvalue weighted by molar-refractivity contribution is 4.97. The van der Waals surface area contributed by atoms with Gasteiger partial charge in [-0.2, -0.15) is 0 Å². The van der Waals surface area contributed by atoms with Crippen molar-refractivity contribution in [2.75, 3.05) is 7.05 Å². The molecule has 0 saturated carbocycles. The maximum atomic E-state index is 2.69. The van der Waals surface area contributed by atoms with Gasteiger partial charge in [0.25, 0.3) is 0 Å². The van der Waals surface area contributed by atoms with E-state index in [4.69, 9.17) is 0 Å². The number of hydrogen-bond acceptors (Lipinski definition) is 1. The van der Waals surface area contributed by atoms with Crippen LogP contribution in [0.1, 0.15) is 94.9 Å². The largest absolute Gasteiger partial charge is 0.296 e. The van der Waals surface area contributed by atoms with Gasteiger partial charge in [0, 0.05) is 11.1 Å². The molecule has 0 heterocycles. The Labute approximate surface area is 129 Å². The predicted octanol–water partition coefficient (Wildman–Crippen LogP) is 6.13. The zero-order valence-electron chi connectivity index (χ0n) is 16.3. The summed E-state index contributed by atoms with van der Waals surface area (Å²) in [5.41, 5.74) is 1.29. The molecule has 0 rings (SSSR count). The summed E-state index contributed by atoms with van der Waals surface area (Å²) in [4.78, 5) is 2.69. The molecule has 0 aromatic heterocycles. The van der Waals surface area contributed by atoms with Gasteiger partial charge in [-0.3, -0.25) is 4.90 Å². The highest BCUT2D eigenvalue weighted by Crippen LogP contribution is 2.41. The van der Waals surface area contributed by atoms with Gasteiger partial charge in [0.15, 0.2) is 0 Å². The molecule has 0 saturated heterocycles. The Morgan fingerprint density at radius 2 is 0.850 bits per heavy atom. The molecular formula is C19H41N. The minimum Gasteiger partial charge on any atom is -0.296 e. The molecule has 0 bridgehead atoms. The molecular weight excluding hydrogens is 242 g/mol. The topological polar surface area (TPSA) is 3.24 Å². The second kappa shape index (κ2) is 6.38. The van der Waals surface area contributed by atoms with Crippen LogP contribution >= 0.6 is 0 Å². The third-order valence-electron chi connectivity index (χ3n) is 4.97. The van der Waals surface area contributed by atoms with Crippen LogP contribution in [0.25, 0.3) is 0 Å². The van der Waals surface area contributed by atoms with E-state index in [9.17, 15) is 0 Å². The van der Waals surface area contributed by atoms with Gasteiger partial charge in [0.05, 0.1) is 0 Å². The standard InChI is InChI=1S/C19H41N/c1-12-18(9,14-16(3,4)5)20(11)19(10,13-2)15-17(6,7)8/h12-15H2,1-11H3. The van der Waals surface area contributed by atoms with Crippen molar-refractivity contribution in [3.05, 3.63) is 0 Å². The van der Waals surface area contributed by atoms with Gasteiger partial charge in [-0.25, -0.2) is 0 Å². The third kappa shape index (κ3) is 5.76. The van der Waals surface area contributed by atoms with Crippen molar-refractivity contribution in [3.8, 4) is 0 Å². The summed E-state index contributed by atoms with van der Waals surface area (Å²) in [5.74, 6) is 0. The molecule has 0 spiro atoms. The molecule has 0 aliphatic heterocycles. The number of hydrogen-bond donors (Lipinski definition) is 0. The summed E-state index contributed by atoms with van der Waals surface area (Å²) < 4.78 is 0. The van der Waals surface area contributed by atoms with Crippen LogP contribution in [0.3, 0.4) is 0 Å². The van der Waals surface area contributed by atoms with Gasteiger partial charge >= 0.3 is 0 Å². The van der Waals surface area contributed by atoms with Crippen molar-refractivity contribution < 1.29 is 0 Å². The van der Waals surface area contributed by atoms with Gasteiger partial charge < -0.3 is 0 Å². The van der Waals surface area contributed by atoms with Gasteiger partial charge in [-0.15, -0.1) is 0 Å². The van der Waals surface area contributed by atoms with E-state index in [1.54, 1.807) is 0 Å². The maximum absolute atomic E-state index is 2.69. The first-order chi connectivity index (χ1) is 8.69. The van der Waals surface area contributed by atoms with Crippen molar-refractivity contribution in [1.29, 1.82) is 0 Å². The normalized spacial score (nSPS) is 19.8. The smallest absolute Gasteiger partial charge is 0.0186 e.